The smallest absolute Gasteiger partial charge is 0.341 e. The summed E-state index contributed by atoms with van der Waals surface area (Å²) in [5, 5.41) is 5.18. The maximum atomic E-state index is 12.6. The summed E-state index contributed by atoms with van der Waals surface area (Å²) in [5.74, 6) is -0.718. The van der Waals surface area contributed by atoms with Gasteiger partial charge in [0.2, 0.25) is 0 Å². The third-order valence-corrected chi connectivity index (χ3v) is 7.60. The van der Waals surface area contributed by atoms with Crippen LogP contribution in [0.1, 0.15) is 27.0 Å². The van der Waals surface area contributed by atoms with E-state index in [4.69, 9.17) is 4.74 Å². The Bertz CT molecular complexity index is 931. The van der Waals surface area contributed by atoms with Crippen LogP contribution in [-0.4, -0.2) is 18.5 Å². The minimum absolute atomic E-state index is 0.265. The van der Waals surface area contributed by atoms with Crippen LogP contribution < -0.4 is 5.32 Å². The number of carbonyl (C=O) groups is 2. The number of amides is 1. The number of hydrogen-bond acceptors (Lipinski definition) is 5. The summed E-state index contributed by atoms with van der Waals surface area (Å²) < 4.78 is 6.86. The van der Waals surface area contributed by atoms with Gasteiger partial charge in [0.25, 0.3) is 5.91 Å². The van der Waals surface area contributed by atoms with E-state index >= 15 is 0 Å². The average Bonchev–Trinajstić information content (AvgIpc) is 3.20. The van der Waals surface area contributed by atoms with Crippen molar-refractivity contribution in [2.75, 3.05) is 11.9 Å². The number of esters is 1. The minimum Gasteiger partial charge on any atom is -0.462 e. The molecule has 3 aromatic rings. The zero-order valence-electron chi connectivity index (χ0n) is 13.5. The highest BCUT2D eigenvalue weighted by Crippen LogP contribution is 2.37. The predicted molar refractivity (Wildman–Crippen MR) is 113 cm³/mol. The van der Waals surface area contributed by atoms with Crippen LogP contribution >= 0.6 is 54.5 Å². The molecule has 0 aliphatic heterocycles. The molecule has 0 bridgehead atoms. The SMILES string of the molecule is CCOC(=O)c1c(-c2ccccc2)csc1NC(=O)c1cc(Br)c(Br)s1. The van der Waals surface area contributed by atoms with Crippen molar-refractivity contribution in [3.63, 3.8) is 0 Å². The Hall–Kier alpha value is -1.48. The van der Waals surface area contributed by atoms with E-state index in [1.54, 1.807) is 13.0 Å². The topological polar surface area (TPSA) is 55.4 Å². The molecule has 0 aliphatic rings. The van der Waals surface area contributed by atoms with E-state index in [1.807, 2.05) is 35.7 Å². The second kappa shape index (κ2) is 8.47. The highest BCUT2D eigenvalue weighted by molar-refractivity contribution is 9.13. The van der Waals surface area contributed by atoms with Crippen molar-refractivity contribution in [2.24, 2.45) is 0 Å². The number of nitrogens with one attached hydrogen (secondary N) is 1. The number of hydrogen-bond donors (Lipinski definition) is 1. The van der Waals surface area contributed by atoms with Crippen molar-refractivity contribution in [3.8, 4) is 11.1 Å². The Morgan fingerprint density at radius 1 is 1.19 bits per heavy atom. The van der Waals surface area contributed by atoms with Crippen molar-refractivity contribution >= 4 is 71.4 Å². The molecule has 1 N–H and O–H groups in total. The molecule has 0 saturated heterocycles. The van der Waals surface area contributed by atoms with Gasteiger partial charge in [0.1, 0.15) is 10.6 Å². The van der Waals surface area contributed by atoms with Crippen molar-refractivity contribution in [3.05, 3.63) is 60.5 Å². The van der Waals surface area contributed by atoms with Gasteiger partial charge in [0.05, 0.1) is 15.3 Å². The second-order valence-electron chi connectivity index (χ2n) is 5.13. The molecule has 4 nitrogen and oxygen atoms in total. The molecule has 0 spiro atoms. The quantitative estimate of drug-likeness (QED) is 0.399. The van der Waals surface area contributed by atoms with Crippen molar-refractivity contribution in [1.82, 2.24) is 0 Å². The Kier molecular flexibility index (Phi) is 6.29. The van der Waals surface area contributed by atoms with Crippen molar-refractivity contribution < 1.29 is 14.3 Å². The highest BCUT2D eigenvalue weighted by atomic mass is 79.9. The molecule has 0 atom stereocenters. The predicted octanol–water partition coefficient (Wildman–Crippen LogP) is 6.43. The molecule has 2 aromatic heterocycles. The number of carbonyl (C=O) groups excluding carboxylic acids is 2. The zero-order chi connectivity index (χ0) is 18.7. The lowest BCUT2D eigenvalue weighted by atomic mass is 10.0. The normalized spacial score (nSPS) is 10.6. The summed E-state index contributed by atoms with van der Waals surface area (Å²) in [6.07, 6.45) is 0. The summed E-state index contributed by atoms with van der Waals surface area (Å²) >= 11 is 9.38. The number of benzene rings is 1. The van der Waals surface area contributed by atoms with E-state index in [9.17, 15) is 9.59 Å². The lowest BCUT2D eigenvalue weighted by molar-refractivity contribution is 0.0529. The number of anilines is 1. The molecule has 0 unspecified atom stereocenters. The maximum Gasteiger partial charge on any atom is 0.341 e. The number of rotatable bonds is 5. The lowest BCUT2D eigenvalue weighted by Gasteiger charge is -2.08. The summed E-state index contributed by atoms with van der Waals surface area (Å²) in [4.78, 5) is 25.6. The lowest BCUT2D eigenvalue weighted by Crippen LogP contribution is -2.13. The Morgan fingerprint density at radius 2 is 1.92 bits per heavy atom. The van der Waals surface area contributed by atoms with Crippen LogP contribution in [0.2, 0.25) is 0 Å². The van der Waals surface area contributed by atoms with Gasteiger partial charge in [-0.25, -0.2) is 4.79 Å². The van der Waals surface area contributed by atoms with Gasteiger partial charge >= 0.3 is 5.97 Å². The highest BCUT2D eigenvalue weighted by Gasteiger charge is 2.23. The zero-order valence-corrected chi connectivity index (χ0v) is 18.4. The minimum atomic E-state index is -0.448. The van der Waals surface area contributed by atoms with Gasteiger partial charge in [0, 0.05) is 15.4 Å². The van der Waals surface area contributed by atoms with Crippen molar-refractivity contribution in [1.29, 1.82) is 0 Å². The van der Waals surface area contributed by atoms with Gasteiger partial charge in [-0.1, -0.05) is 30.3 Å². The van der Waals surface area contributed by atoms with E-state index in [0.717, 1.165) is 19.4 Å². The van der Waals surface area contributed by atoms with Gasteiger partial charge in [-0.2, -0.15) is 0 Å². The van der Waals surface area contributed by atoms with Gasteiger partial charge in [-0.3, -0.25) is 4.79 Å². The molecule has 1 amide bonds. The maximum absolute atomic E-state index is 12.6. The molecule has 0 fully saturated rings. The first-order valence-corrected chi connectivity index (χ1v) is 10.9. The van der Waals surface area contributed by atoms with Crippen LogP contribution in [0, 0.1) is 0 Å². The Balaban J connectivity index is 1.97. The summed E-state index contributed by atoms with van der Waals surface area (Å²) in [6, 6.07) is 11.3. The van der Waals surface area contributed by atoms with Crippen LogP contribution in [0.5, 0.6) is 0 Å². The first-order chi connectivity index (χ1) is 12.5. The van der Waals surface area contributed by atoms with Crippen LogP contribution in [-0.2, 0) is 4.74 Å². The fraction of sp³-hybridized carbons (Fsp3) is 0.111. The summed E-state index contributed by atoms with van der Waals surface area (Å²) in [7, 11) is 0. The largest absolute Gasteiger partial charge is 0.462 e. The van der Waals surface area contributed by atoms with Gasteiger partial charge in [-0.05, 0) is 50.4 Å². The van der Waals surface area contributed by atoms with Crippen LogP contribution in [0.15, 0.2) is 50.0 Å². The third-order valence-electron chi connectivity index (χ3n) is 3.45. The molecule has 0 saturated carbocycles. The van der Waals surface area contributed by atoms with E-state index in [0.29, 0.717) is 15.4 Å². The van der Waals surface area contributed by atoms with Crippen LogP contribution in [0.3, 0.4) is 0 Å². The van der Waals surface area contributed by atoms with Gasteiger partial charge in [0.15, 0.2) is 0 Å². The molecule has 3 rings (SSSR count). The first-order valence-electron chi connectivity index (χ1n) is 7.61. The first kappa shape index (κ1) is 19.3. The fourth-order valence-corrected chi connectivity index (χ4v) is 5.19. The number of halogens is 2. The van der Waals surface area contributed by atoms with E-state index in [1.165, 1.54) is 22.7 Å². The molecule has 26 heavy (non-hydrogen) atoms. The molecule has 134 valence electrons. The third kappa shape index (κ3) is 4.09. The molecule has 2 heterocycles. The number of ether oxygens (including phenoxy) is 1. The summed E-state index contributed by atoms with van der Waals surface area (Å²) in [5.41, 5.74) is 2.03. The molecular weight excluding hydrogens is 502 g/mol. The van der Waals surface area contributed by atoms with Gasteiger partial charge in [-0.15, -0.1) is 22.7 Å². The molecular formula is C18H13Br2NO3S2. The van der Waals surface area contributed by atoms with Crippen molar-refractivity contribution in [2.45, 2.75) is 6.92 Å². The van der Waals surface area contributed by atoms with E-state index in [-0.39, 0.29) is 12.5 Å². The molecule has 0 aliphatic carbocycles. The Morgan fingerprint density at radius 3 is 2.54 bits per heavy atom. The number of thiophene rings is 2. The van der Waals surface area contributed by atoms with Crippen LogP contribution in [0.4, 0.5) is 5.00 Å². The standard InChI is InChI=1S/C18H13Br2NO3S2/c1-2-24-18(23)14-11(10-6-4-3-5-7-10)9-25-17(14)21-16(22)13-8-12(19)15(20)26-13/h3-9H,2H2,1H3,(H,21,22). The monoisotopic (exact) mass is 513 g/mol. The second-order valence-corrected chi connectivity index (χ2v) is 9.23. The van der Waals surface area contributed by atoms with Crippen LogP contribution in [0.25, 0.3) is 11.1 Å². The molecule has 0 radical (unpaired) electrons. The summed E-state index contributed by atoms with van der Waals surface area (Å²) in [6.45, 7) is 2.02. The van der Waals surface area contributed by atoms with Gasteiger partial charge < -0.3 is 10.1 Å². The fourth-order valence-electron chi connectivity index (χ4n) is 2.31. The van der Waals surface area contributed by atoms with E-state index < -0.39 is 5.97 Å². The molecule has 8 heteroatoms. The molecule has 1 aromatic carbocycles. The Labute approximate surface area is 175 Å². The average molecular weight is 515 g/mol. The van der Waals surface area contributed by atoms with E-state index in [2.05, 4.69) is 37.2 Å².